The highest BCUT2D eigenvalue weighted by Gasteiger charge is 2.29. The number of rotatable bonds is 7. The van der Waals surface area contributed by atoms with Crippen LogP contribution in [0.25, 0.3) is 5.69 Å². The Kier molecular flexibility index (Phi) is 5.71. The van der Waals surface area contributed by atoms with Crippen LogP contribution in [0.15, 0.2) is 66.1 Å². The average molecular weight is 408 g/mol. The fourth-order valence-electron chi connectivity index (χ4n) is 2.68. The van der Waals surface area contributed by atoms with Crippen LogP contribution in [-0.4, -0.2) is 41.1 Å². The molecule has 0 aliphatic carbocycles. The standard InChI is InChI=1S/C18H18F2N4O3S/c1-13(14-7-9-15(10-8-14)24-12-21-11-22-24)23(2)28(25,26)17-6-4-3-5-16(17)27-18(19)20/h3-13,18H,1-2H3. The highest BCUT2D eigenvalue weighted by Crippen LogP contribution is 2.31. The molecule has 0 saturated carbocycles. The molecule has 0 aliphatic heterocycles. The van der Waals surface area contributed by atoms with Gasteiger partial charge in [0.05, 0.1) is 5.69 Å². The van der Waals surface area contributed by atoms with E-state index in [1.54, 1.807) is 42.2 Å². The molecule has 1 aromatic heterocycles. The minimum atomic E-state index is -4.07. The van der Waals surface area contributed by atoms with Gasteiger partial charge < -0.3 is 4.74 Å². The first-order chi connectivity index (χ1) is 13.3. The summed E-state index contributed by atoms with van der Waals surface area (Å²) in [6.07, 6.45) is 2.96. The molecule has 0 saturated heterocycles. The van der Waals surface area contributed by atoms with E-state index in [-0.39, 0.29) is 4.90 Å². The molecule has 1 heterocycles. The molecule has 0 radical (unpaired) electrons. The number of hydrogen-bond donors (Lipinski definition) is 0. The first-order valence-corrected chi connectivity index (χ1v) is 9.71. The van der Waals surface area contributed by atoms with Gasteiger partial charge in [-0.15, -0.1) is 0 Å². The highest BCUT2D eigenvalue weighted by molar-refractivity contribution is 7.89. The van der Waals surface area contributed by atoms with Crippen molar-refractivity contribution in [3.05, 3.63) is 66.7 Å². The summed E-state index contributed by atoms with van der Waals surface area (Å²) >= 11 is 0. The second kappa shape index (κ2) is 8.03. The third kappa shape index (κ3) is 4.02. The van der Waals surface area contributed by atoms with Gasteiger partial charge in [0.15, 0.2) is 0 Å². The van der Waals surface area contributed by atoms with E-state index in [1.165, 1.54) is 37.6 Å². The van der Waals surface area contributed by atoms with Crippen molar-refractivity contribution in [1.29, 1.82) is 0 Å². The number of aromatic nitrogens is 3. The minimum Gasteiger partial charge on any atom is -0.433 e. The zero-order valence-corrected chi connectivity index (χ0v) is 15.9. The molecule has 28 heavy (non-hydrogen) atoms. The van der Waals surface area contributed by atoms with Crippen LogP contribution in [0.2, 0.25) is 0 Å². The van der Waals surface area contributed by atoms with Gasteiger partial charge in [-0.3, -0.25) is 0 Å². The largest absolute Gasteiger partial charge is 0.433 e. The van der Waals surface area contributed by atoms with Gasteiger partial charge >= 0.3 is 6.61 Å². The quantitative estimate of drug-likeness (QED) is 0.600. The summed E-state index contributed by atoms with van der Waals surface area (Å²) < 4.78 is 58.3. The van der Waals surface area contributed by atoms with Crippen LogP contribution in [0.5, 0.6) is 5.75 Å². The monoisotopic (exact) mass is 408 g/mol. The molecule has 3 aromatic rings. The number of para-hydroxylation sites is 1. The van der Waals surface area contributed by atoms with Gasteiger partial charge in [-0.05, 0) is 36.8 Å². The lowest BCUT2D eigenvalue weighted by Gasteiger charge is -2.25. The minimum absolute atomic E-state index is 0.316. The van der Waals surface area contributed by atoms with E-state index in [1.807, 2.05) is 0 Å². The van der Waals surface area contributed by atoms with Crippen LogP contribution < -0.4 is 4.74 Å². The summed E-state index contributed by atoms with van der Waals surface area (Å²) in [5, 5.41) is 4.03. The van der Waals surface area contributed by atoms with Crippen molar-refractivity contribution in [3.63, 3.8) is 0 Å². The molecule has 148 valence electrons. The average Bonchev–Trinajstić information content (AvgIpc) is 3.21. The third-order valence-corrected chi connectivity index (χ3v) is 6.29. The molecular weight excluding hydrogens is 390 g/mol. The van der Waals surface area contributed by atoms with Crippen LogP contribution in [0.4, 0.5) is 8.78 Å². The molecule has 2 aromatic carbocycles. The lowest BCUT2D eigenvalue weighted by molar-refractivity contribution is -0.0517. The Hall–Kier alpha value is -2.85. The Morgan fingerprint density at radius 1 is 1.11 bits per heavy atom. The van der Waals surface area contributed by atoms with Crippen LogP contribution in [0.3, 0.4) is 0 Å². The van der Waals surface area contributed by atoms with Crippen LogP contribution in [-0.2, 0) is 10.0 Å². The fraction of sp³-hybridized carbons (Fsp3) is 0.222. The highest BCUT2D eigenvalue weighted by atomic mass is 32.2. The second-order valence-electron chi connectivity index (χ2n) is 5.95. The molecule has 7 nitrogen and oxygen atoms in total. The summed E-state index contributed by atoms with van der Waals surface area (Å²) in [7, 11) is -2.68. The van der Waals surface area contributed by atoms with E-state index < -0.39 is 28.4 Å². The van der Waals surface area contributed by atoms with E-state index in [0.717, 1.165) is 15.6 Å². The Bertz CT molecular complexity index is 1030. The van der Waals surface area contributed by atoms with E-state index in [9.17, 15) is 17.2 Å². The summed E-state index contributed by atoms with van der Waals surface area (Å²) in [5.41, 5.74) is 1.50. The van der Waals surface area contributed by atoms with Gasteiger partial charge in [0, 0.05) is 13.1 Å². The van der Waals surface area contributed by atoms with Crippen molar-refractivity contribution in [2.24, 2.45) is 0 Å². The van der Waals surface area contributed by atoms with E-state index in [2.05, 4.69) is 14.8 Å². The maximum atomic E-state index is 13.0. The number of alkyl halides is 2. The topological polar surface area (TPSA) is 77.3 Å². The number of benzene rings is 2. The van der Waals surface area contributed by atoms with Gasteiger partial charge in [-0.25, -0.2) is 18.1 Å². The summed E-state index contributed by atoms with van der Waals surface area (Å²) in [4.78, 5) is 3.56. The second-order valence-corrected chi connectivity index (χ2v) is 7.92. The Balaban J connectivity index is 1.87. The SMILES string of the molecule is CC(c1ccc(-n2cncn2)cc1)N(C)S(=O)(=O)c1ccccc1OC(F)F. The van der Waals surface area contributed by atoms with Crippen molar-refractivity contribution in [2.75, 3.05) is 7.05 Å². The summed E-state index contributed by atoms with van der Waals surface area (Å²) in [5.74, 6) is -0.391. The molecule has 0 amide bonds. The number of ether oxygens (including phenoxy) is 1. The summed E-state index contributed by atoms with van der Waals surface area (Å²) in [6.45, 7) is -1.41. The Labute approximate surface area is 161 Å². The molecule has 0 spiro atoms. The van der Waals surface area contributed by atoms with Crippen LogP contribution >= 0.6 is 0 Å². The number of sulfonamides is 1. The molecule has 3 rings (SSSR count). The van der Waals surface area contributed by atoms with Gasteiger partial charge in [-0.1, -0.05) is 24.3 Å². The van der Waals surface area contributed by atoms with Crippen molar-refractivity contribution in [1.82, 2.24) is 19.1 Å². The zero-order chi connectivity index (χ0) is 20.3. The molecule has 0 bridgehead atoms. The van der Waals surface area contributed by atoms with Gasteiger partial charge in [0.25, 0.3) is 0 Å². The third-order valence-electron chi connectivity index (χ3n) is 4.33. The predicted octanol–water partition coefficient (Wildman–Crippen LogP) is 3.25. The molecule has 0 aliphatic rings. The first kappa shape index (κ1) is 19.9. The molecule has 0 N–H and O–H groups in total. The first-order valence-electron chi connectivity index (χ1n) is 8.27. The van der Waals surface area contributed by atoms with Crippen LogP contribution in [0, 0.1) is 0 Å². The van der Waals surface area contributed by atoms with Gasteiger partial charge in [0.1, 0.15) is 23.3 Å². The van der Waals surface area contributed by atoms with Crippen molar-refractivity contribution >= 4 is 10.0 Å². The molecule has 1 atom stereocenters. The number of nitrogens with zero attached hydrogens (tertiary/aromatic N) is 4. The van der Waals surface area contributed by atoms with Crippen LogP contribution in [0.1, 0.15) is 18.5 Å². The molecule has 0 fully saturated rings. The number of hydrogen-bond acceptors (Lipinski definition) is 5. The lowest BCUT2D eigenvalue weighted by atomic mass is 10.1. The molecule has 10 heteroatoms. The van der Waals surface area contributed by atoms with Gasteiger partial charge in [-0.2, -0.15) is 18.2 Å². The zero-order valence-electron chi connectivity index (χ0n) is 15.1. The smallest absolute Gasteiger partial charge is 0.387 e. The van der Waals surface area contributed by atoms with E-state index >= 15 is 0 Å². The molecular formula is C18H18F2N4O3S. The fourth-order valence-corrected chi connectivity index (χ4v) is 4.15. The van der Waals surface area contributed by atoms with Gasteiger partial charge in [0.2, 0.25) is 10.0 Å². The normalized spacial score (nSPS) is 13.1. The number of halogens is 2. The van der Waals surface area contributed by atoms with Crippen molar-refractivity contribution in [2.45, 2.75) is 24.5 Å². The Morgan fingerprint density at radius 2 is 1.79 bits per heavy atom. The maximum Gasteiger partial charge on any atom is 0.387 e. The maximum absolute atomic E-state index is 13.0. The lowest BCUT2D eigenvalue weighted by Crippen LogP contribution is -2.30. The Morgan fingerprint density at radius 3 is 2.39 bits per heavy atom. The van der Waals surface area contributed by atoms with E-state index in [4.69, 9.17) is 0 Å². The predicted molar refractivity (Wildman–Crippen MR) is 97.8 cm³/mol. The van der Waals surface area contributed by atoms with E-state index in [0.29, 0.717) is 0 Å². The van der Waals surface area contributed by atoms with Crippen molar-refractivity contribution < 1.29 is 21.9 Å². The molecule has 1 unspecified atom stereocenters. The van der Waals surface area contributed by atoms with Crippen molar-refractivity contribution in [3.8, 4) is 11.4 Å². The summed E-state index contributed by atoms with van der Waals surface area (Å²) in [6, 6.07) is 11.9.